The summed E-state index contributed by atoms with van der Waals surface area (Å²) >= 11 is 0. The van der Waals surface area contributed by atoms with Crippen LogP contribution in [0.15, 0.2) is 53.4 Å². The van der Waals surface area contributed by atoms with E-state index in [1.165, 1.54) is 0 Å². The number of nitrogens with zero attached hydrogens (tertiary/aromatic N) is 1. The first-order chi connectivity index (χ1) is 10.8. The summed E-state index contributed by atoms with van der Waals surface area (Å²) < 4.78 is 27.8. The number of hydrogen-bond donors (Lipinski definition) is 2. The number of aliphatic hydroxyl groups is 1. The Labute approximate surface area is 137 Å². The molecule has 0 amide bonds. The van der Waals surface area contributed by atoms with Gasteiger partial charge < -0.3 is 10.0 Å². The van der Waals surface area contributed by atoms with Crippen LogP contribution in [0.3, 0.4) is 0 Å². The van der Waals surface area contributed by atoms with Gasteiger partial charge in [-0.25, -0.2) is 13.1 Å². The summed E-state index contributed by atoms with van der Waals surface area (Å²) in [6.45, 7) is 1.62. The Morgan fingerprint density at radius 1 is 1.13 bits per heavy atom. The molecule has 1 unspecified atom stereocenters. The molecule has 124 valence electrons. The van der Waals surface area contributed by atoms with E-state index in [0.29, 0.717) is 0 Å². The third kappa shape index (κ3) is 4.10. The smallest absolute Gasteiger partial charge is 0.241 e. The third-order valence-corrected chi connectivity index (χ3v) is 5.12. The van der Waals surface area contributed by atoms with Crippen molar-refractivity contribution >= 4 is 15.7 Å². The first-order valence-electron chi connectivity index (χ1n) is 7.31. The summed E-state index contributed by atoms with van der Waals surface area (Å²) in [6.07, 6.45) is 0. The van der Waals surface area contributed by atoms with Crippen LogP contribution in [-0.2, 0) is 10.0 Å². The second kappa shape index (κ2) is 7.12. The van der Waals surface area contributed by atoms with E-state index in [2.05, 4.69) is 4.72 Å². The Morgan fingerprint density at radius 2 is 1.78 bits per heavy atom. The van der Waals surface area contributed by atoms with E-state index >= 15 is 0 Å². The van der Waals surface area contributed by atoms with Crippen LogP contribution in [0.25, 0.3) is 0 Å². The number of anilines is 1. The Hall–Kier alpha value is -1.89. The number of aryl methyl sites for hydroxylation is 1. The predicted octanol–water partition coefficient (Wildman–Crippen LogP) is 2.07. The second-order valence-corrected chi connectivity index (χ2v) is 7.32. The van der Waals surface area contributed by atoms with Crippen LogP contribution in [0.4, 0.5) is 5.69 Å². The summed E-state index contributed by atoms with van der Waals surface area (Å²) in [4.78, 5) is 2.05. The van der Waals surface area contributed by atoms with E-state index in [1.54, 1.807) is 30.3 Å². The largest absolute Gasteiger partial charge is 0.394 e. The quantitative estimate of drug-likeness (QED) is 0.848. The minimum atomic E-state index is -3.73. The van der Waals surface area contributed by atoms with Crippen LogP contribution in [0.5, 0.6) is 0 Å². The number of aliphatic hydroxyl groups excluding tert-OH is 1. The Morgan fingerprint density at radius 3 is 2.35 bits per heavy atom. The van der Waals surface area contributed by atoms with Gasteiger partial charge in [-0.3, -0.25) is 0 Å². The molecule has 2 N–H and O–H groups in total. The number of benzene rings is 2. The normalized spacial score (nSPS) is 12.9. The number of sulfonamides is 1. The van der Waals surface area contributed by atoms with Crippen molar-refractivity contribution in [2.45, 2.75) is 17.9 Å². The fourth-order valence-electron chi connectivity index (χ4n) is 2.39. The Kier molecular flexibility index (Phi) is 5.41. The topological polar surface area (TPSA) is 69.6 Å². The zero-order chi connectivity index (χ0) is 17.0. The molecular formula is C17H22N2O3S. The van der Waals surface area contributed by atoms with Crippen LogP contribution < -0.4 is 9.62 Å². The molecule has 6 heteroatoms. The molecule has 0 bridgehead atoms. The number of nitrogens with one attached hydrogen (secondary N) is 1. The van der Waals surface area contributed by atoms with Crippen LogP contribution in [0.1, 0.15) is 17.2 Å². The molecular weight excluding hydrogens is 312 g/mol. The molecule has 2 aromatic carbocycles. The van der Waals surface area contributed by atoms with Gasteiger partial charge in [-0.05, 0) is 30.2 Å². The molecule has 0 aliphatic carbocycles. The van der Waals surface area contributed by atoms with Gasteiger partial charge in [0.1, 0.15) is 0 Å². The van der Waals surface area contributed by atoms with Gasteiger partial charge in [0.25, 0.3) is 0 Å². The molecule has 0 saturated carbocycles. The van der Waals surface area contributed by atoms with Crippen molar-refractivity contribution in [1.82, 2.24) is 4.72 Å². The van der Waals surface area contributed by atoms with Crippen LogP contribution in [-0.4, -0.2) is 34.2 Å². The molecule has 1 atom stereocenters. The van der Waals surface area contributed by atoms with E-state index < -0.39 is 16.1 Å². The van der Waals surface area contributed by atoms with E-state index in [4.69, 9.17) is 0 Å². The molecule has 5 nitrogen and oxygen atoms in total. The highest BCUT2D eigenvalue weighted by atomic mass is 32.2. The van der Waals surface area contributed by atoms with Crippen molar-refractivity contribution in [3.8, 4) is 0 Å². The zero-order valence-electron chi connectivity index (χ0n) is 13.5. The molecule has 2 rings (SSSR count). The standard InChI is InChI=1S/C17H22N2O3S/c1-13-9-10-15(11-17(13)19(2)3)23(21,22)18-16(12-20)14-7-5-4-6-8-14/h4-11,16,18,20H,12H2,1-3H3. The lowest BCUT2D eigenvalue weighted by Crippen LogP contribution is -2.31. The molecule has 0 aliphatic rings. The van der Waals surface area contributed by atoms with Crippen LogP contribution in [0, 0.1) is 6.92 Å². The van der Waals surface area contributed by atoms with Gasteiger partial charge in [0.05, 0.1) is 17.5 Å². The SMILES string of the molecule is Cc1ccc(S(=O)(=O)NC(CO)c2ccccc2)cc1N(C)C. The Balaban J connectivity index is 2.33. The van der Waals surface area contributed by atoms with Gasteiger partial charge in [-0.2, -0.15) is 0 Å². The van der Waals surface area contributed by atoms with Crippen molar-refractivity contribution in [1.29, 1.82) is 0 Å². The van der Waals surface area contributed by atoms with Gasteiger partial charge in [-0.1, -0.05) is 36.4 Å². The fraction of sp³-hybridized carbons (Fsp3) is 0.294. The van der Waals surface area contributed by atoms with E-state index in [1.807, 2.05) is 44.1 Å². The molecule has 0 radical (unpaired) electrons. The fourth-order valence-corrected chi connectivity index (χ4v) is 3.62. The second-order valence-electron chi connectivity index (χ2n) is 5.61. The van der Waals surface area contributed by atoms with Gasteiger partial charge in [-0.15, -0.1) is 0 Å². The van der Waals surface area contributed by atoms with E-state index in [0.717, 1.165) is 16.8 Å². The first-order valence-corrected chi connectivity index (χ1v) is 8.79. The minimum absolute atomic E-state index is 0.182. The summed E-state index contributed by atoms with van der Waals surface area (Å²) in [7, 11) is 0.00624. The maximum absolute atomic E-state index is 12.6. The summed E-state index contributed by atoms with van der Waals surface area (Å²) in [5, 5.41) is 9.54. The molecule has 0 saturated heterocycles. The molecule has 2 aromatic rings. The van der Waals surface area contributed by atoms with Gasteiger partial charge in [0.15, 0.2) is 0 Å². The molecule has 0 heterocycles. The molecule has 0 aromatic heterocycles. The molecule has 0 fully saturated rings. The lowest BCUT2D eigenvalue weighted by atomic mass is 10.1. The van der Waals surface area contributed by atoms with Crippen LogP contribution >= 0.6 is 0 Å². The number of hydrogen-bond acceptors (Lipinski definition) is 4. The minimum Gasteiger partial charge on any atom is -0.394 e. The summed E-state index contributed by atoms with van der Waals surface area (Å²) in [5.41, 5.74) is 2.56. The third-order valence-electron chi connectivity index (χ3n) is 3.65. The molecule has 23 heavy (non-hydrogen) atoms. The predicted molar refractivity (Wildman–Crippen MR) is 92.1 cm³/mol. The molecule has 0 aliphatic heterocycles. The highest BCUT2D eigenvalue weighted by Gasteiger charge is 2.21. The lowest BCUT2D eigenvalue weighted by Gasteiger charge is -2.19. The van der Waals surface area contributed by atoms with Crippen molar-refractivity contribution in [3.63, 3.8) is 0 Å². The van der Waals surface area contributed by atoms with Gasteiger partial charge in [0, 0.05) is 19.8 Å². The summed E-state index contributed by atoms with van der Waals surface area (Å²) in [5.74, 6) is 0. The summed E-state index contributed by atoms with van der Waals surface area (Å²) in [6, 6.07) is 13.3. The average Bonchev–Trinajstić information content (AvgIpc) is 2.53. The Bertz CT molecular complexity index is 759. The van der Waals surface area contributed by atoms with Gasteiger partial charge in [0.2, 0.25) is 10.0 Å². The van der Waals surface area contributed by atoms with Crippen molar-refractivity contribution in [3.05, 3.63) is 59.7 Å². The average molecular weight is 334 g/mol. The highest BCUT2D eigenvalue weighted by molar-refractivity contribution is 7.89. The van der Waals surface area contributed by atoms with E-state index in [-0.39, 0.29) is 11.5 Å². The van der Waals surface area contributed by atoms with Crippen molar-refractivity contribution < 1.29 is 13.5 Å². The maximum Gasteiger partial charge on any atom is 0.241 e. The first kappa shape index (κ1) is 17.5. The maximum atomic E-state index is 12.6. The van der Waals surface area contributed by atoms with Crippen molar-refractivity contribution in [2.75, 3.05) is 25.6 Å². The zero-order valence-corrected chi connectivity index (χ0v) is 14.3. The monoisotopic (exact) mass is 334 g/mol. The van der Waals surface area contributed by atoms with Gasteiger partial charge >= 0.3 is 0 Å². The van der Waals surface area contributed by atoms with E-state index in [9.17, 15) is 13.5 Å². The van der Waals surface area contributed by atoms with Crippen molar-refractivity contribution in [2.24, 2.45) is 0 Å². The van der Waals surface area contributed by atoms with Crippen LogP contribution in [0.2, 0.25) is 0 Å². The molecule has 0 spiro atoms. The highest BCUT2D eigenvalue weighted by Crippen LogP contribution is 2.24. The number of rotatable bonds is 6. The lowest BCUT2D eigenvalue weighted by molar-refractivity contribution is 0.259.